The maximum Gasteiger partial charge on any atom is 0.232 e. The number of methoxy groups -OCH3 is 1. The molecule has 188 valence electrons. The number of anilines is 2. The number of benzene rings is 3. The van der Waals surface area contributed by atoms with Crippen LogP contribution in [0.15, 0.2) is 60.7 Å². The molecule has 1 saturated heterocycles. The molecule has 7 heteroatoms. The van der Waals surface area contributed by atoms with Crippen molar-refractivity contribution < 1.29 is 19.0 Å². The Morgan fingerprint density at radius 3 is 2.44 bits per heavy atom. The maximum absolute atomic E-state index is 13.6. The van der Waals surface area contributed by atoms with Gasteiger partial charge in [-0.2, -0.15) is 0 Å². The van der Waals surface area contributed by atoms with E-state index in [-0.39, 0.29) is 24.5 Å². The van der Waals surface area contributed by atoms with Crippen molar-refractivity contribution in [2.45, 2.75) is 31.4 Å². The van der Waals surface area contributed by atoms with Gasteiger partial charge in [0.25, 0.3) is 0 Å². The van der Waals surface area contributed by atoms with Gasteiger partial charge in [0.2, 0.25) is 5.91 Å². The highest BCUT2D eigenvalue weighted by molar-refractivity contribution is 6.30. The molecule has 6 nitrogen and oxygen atoms in total. The fraction of sp³-hybridized carbons (Fsp3) is 0.345. The van der Waals surface area contributed by atoms with E-state index >= 15 is 0 Å². The zero-order chi connectivity index (χ0) is 25.2. The van der Waals surface area contributed by atoms with Gasteiger partial charge in [-0.25, -0.2) is 0 Å². The first-order chi connectivity index (χ1) is 17.4. The summed E-state index contributed by atoms with van der Waals surface area (Å²) in [4.78, 5) is 17.5. The summed E-state index contributed by atoms with van der Waals surface area (Å²) in [5.74, 6) is 1.30. The standard InChI is InChI=1S/C29H31ClN2O4/c1-31(2)22-10-12-23(13-11-22)32-28(33)16-20-15-26(34-3)27(36-18-24-5-4-14-35-24)17-25(20)29(32)19-6-8-21(30)9-7-19/h6-13,15,17,24,29H,4-5,14,16,18H2,1-3H3/t24-,29?/m0/s1. The van der Waals surface area contributed by atoms with Crippen molar-refractivity contribution in [2.24, 2.45) is 0 Å². The van der Waals surface area contributed by atoms with Gasteiger partial charge in [-0.3, -0.25) is 4.79 Å². The van der Waals surface area contributed by atoms with Gasteiger partial charge in [0.1, 0.15) is 6.61 Å². The van der Waals surface area contributed by atoms with Gasteiger partial charge in [0.05, 0.1) is 25.7 Å². The lowest BCUT2D eigenvalue weighted by molar-refractivity contribution is -0.118. The third-order valence-corrected chi connectivity index (χ3v) is 7.12. The maximum atomic E-state index is 13.6. The summed E-state index contributed by atoms with van der Waals surface area (Å²) in [6.07, 6.45) is 2.41. The van der Waals surface area contributed by atoms with E-state index in [2.05, 4.69) is 0 Å². The van der Waals surface area contributed by atoms with Crippen molar-refractivity contribution in [3.63, 3.8) is 0 Å². The molecule has 0 N–H and O–H groups in total. The number of ether oxygens (including phenoxy) is 3. The van der Waals surface area contributed by atoms with Gasteiger partial charge < -0.3 is 24.0 Å². The lowest BCUT2D eigenvalue weighted by Crippen LogP contribution is -2.41. The van der Waals surface area contributed by atoms with Crippen molar-refractivity contribution in [2.75, 3.05) is 44.2 Å². The molecule has 2 aliphatic rings. The van der Waals surface area contributed by atoms with Crippen LogP contribution in [-0.2, 0) is 16.0 Å². The zero-order valence-electron chi connectivity index (χ0n) is 20.9. The smallest absolute Gasteiger partial charge is 0.232 e. The van der Waals surface area contributed by atoms with Gasteiger partial charge in [0.15, 0.2) is 11.5 Å². The average molecular weight is 507 g/mol. The predicted octanol–water partition coefficient (Wildman–Crippen LogP) is 5.65. The van der Waals surface area contributed by atoms with Crippen LogP contribution in [0.4, 0.5) is 11.4 Å². The van der Waals surface area contributed by atoms with Crippen LogP contribution in [0.1, 0.15) is 35.6 Å². The molecule has 0 spiro atoms. The van der Waals surface area contributed by atoms with Crippen molar-refractivity contribution in [1.29, 1.82) is 0 Å². The van der Waals surface area contributed by atoms with Crippen molar-refractivity contribution in [1.82, 2.24) is 0 Å². The Morgan fingerprint density at radius 1 is 1.06 bits per heavy atom. The molecule has 0 bridgehead atoms. The van der Waals surface area contributed by atoms with E-state index in [0.717, 1.165) is 47.5 Å². The molecule has 5 rings (SSSR count). The Balaban J connectivity index is 1.59. The van der Waals surface area contributed by atoms with Gasteiger partial charge in [-0.1, -0.05) is 23.7 Å². The second-order valence-corrected chi connectivity index (χ2v) is 9.89. The van der Waals surface area contributed by atoms with E-state index in [9.17, 15) is 4.79 Å². The van der Waals surface area contributed by atoms with Crippen LogP contribution in [0.5, 0.6) is 11.5 Å². The molecule has 2 aliphatic heterocycles. The molecule has 2 atom stereocenters. The number of nitrogens with zero attached hydrogens (tertiary/aromatic N) is 2. The minimum atomic E-state index is -0.334. The van der Waals surface area contributed by atoms with E-state index in [1.165, 1.54) is 0 Å². The number of rotatable bonds is 7. The first kappa shape index (κ1) is 24.5. The summed E-state index contributed by atoms with van der Waals surface area (Å²) in [5.41, 5.74) is 4.83. The minimum absolute atomic E-state index is 0.0233. The summed E-state index contributed by atoms with van der Waals surface area (Å²) in [6.45, 7) is 1.24. The first-order valence-electron chi connectivity index (χ1n) is 12.2. The SMILES string of the molecule is COc1cc2c(cc1OC[C@@H]1CCCO1)C(c1ccc(Cl)cc1)N(c1ccc(N(C)C)cc1)C(=O)C2. The molecule has 0 radical (unpaired) electrons. The summed E-state index contributed by atoms with van der Waals surface area (Å²) < 4.78 is 17.6. The Morgan fingerprint density at radius 2 is 1.81 bits per heavy atom. The molecular weight excluding hydrogens is 476 g/mol. The van der Waals surface area contributed by atoms with Gasteiger partial charge in [-0.05, 0) is 78.1 Å². The molecule has 3 aromatic carbocycles. The molecule has 1 fully saturated rings. The third-order valence-electron chi connectivity index (χ3n) is 6.87. The third kappa shape index (κ3) is 4.88. The first-order valence-corrected chi connectivity index (χ1v) is 12.6. The number of carbonyl (C=O) groups excluding carboxylic acids is 1. The molecule has 3 aromatic rings. The number of hydrogen-bond donors (Lipinski definition) is 0. The predicted molar refractivity (Wildman–Crippen MR) is 143 cm³/mol. The Hall–Kier alpha value is -3.22. The highest BCUT2D eigenvalue weighted by Crippen LogP contribution is 2.44. The van der Waals surface area contributed by atoms with Crippen LogP contribution >= 0.6 is 11.6 Å². The summed E-state index contributed by atoms with van der Waals surface area (Å²) in [7, 11) is 5.62. The van der Waals surface area contributed by atoms with E-state index in [1.54, 1.807) is 7.11 Å². The van der Waals surface area contributed by atoms with E-state index in [1.807, 2.05) is 84.6 Å². The monoisotopic (exact) mass is 506 g/mol. The lowest BCUT2D eigenvalue weighted by atomic mass is 9.86. The average Bonchev–Trinajstić information content (AvgIpc) is 3.41. The Bertz CT molecular complexity index is 1220. The minimum Gasteiger partial charge on any atom is -0.493 e. The molecular formula is C29H31ClN2O4. The number of hydrogen-bond acceptors (Lipinski definition) is 5. The number of amides is 1. The normalized spacial score (nSPS) is 19.2. The van der Waals surface area contributed by atoms with Crippen LogP contribution in [0.25, 0.3) is 0 Å². The molecule has 0 aromatic heterocycles. The van der Waals surface area contributed by atoms with Crippen LogP contribution < -0.4 is 19.3 Å². The second-order valence-electron chi connectivity index (χ2n) is 9.45. The zero-order valence-corrected chi connectivity index (χ0v) is 21.6. The topological polar surface area (TPSA) is 51.2 Å². The molecule has 0 saturated carbocycles. The fourth-order valence-corrected chi connectivity index (χ4v) is 5.09. The summed E-state index contributed by atoms with van der Waals surface area (Å²) in [5, 5.41) is 0.651. The van der Waals surface area contributed by atoms with Gasteiger partial charge >= 0.3 is 0 Å². The van der Waals surface area contributed by atoms with Crippen LogP contribution in [0.2, 0.25) is 5.02 Å². The van der Waals surface area contributed by atoms with Crippen LogP contribution in [0, 0.1) is 0 Å². The van der Waals surface area contributed by atoms with Crippen LogP contribution in [0.3, 0.4) is 0 Å². The number of fused-ring (bicyclic) bond motifs is 1. The van der Waals surface area contributed by atoms with Crippen LogP contribution in [-0.4, -0.2) is 46.4 Å². The fourth-order valence-electron chi connectivity index (χ4n) is 4.97. The molecule has 1 unspecified atom stereocenters. The highest BCUT2D eigenvalue weighted by Gasteiger charge is 2.36. The van der Waals surface area contributed by atoms with E-state index < -0.39 is 0 Å². The van der Waals surface area contributed by atoms with Gasteiger partial charge in [0, 0.05) is 37.1 Å². The van der Waals surface area contributed by atoms with Gasteiger partial charge in [-0.15, -0.1) is 0 Å². The quantitative estimate of drug-likeness (QED) is 0.414. The lowest BCUT2D eigenvalue weighted by Gasteiger charge is -2.38. The van der Waals surface area contributed by atoms with Crippen molar-refractivity contribution in [3.05, 3.63) is 82.4 Å². The van der Waals surface area contributed by atoms with E-state index in [0.29, 0.717) is 23.1 Å². The Labute approximate surface area is 217 Å². The summed E-state index contributed by atoms with van der Waals surface area (Å²) >= 11 is 6.21. The number of halogens is 1. The second kappa shape index (κ2) is 10.4. The van der Waals surface area contributed by atoms with Crippen molar-refractivity contribution in [3.8, 4) is 11.5 Å². The Kier molecular flexibility index (Phi) is 7.08. The van der Waals surface area contributed by atoms with Crippen molar-refractivity contribution >= 4 is 28.9 Å². The molecule has 1 amide bonds. The number of carbonyl (C=O) groups is 1. The largest absolute Gasteiger partial charge is 0.493 e. The molecule has 0 aliphatic carbocycles. The molecule has 2 heterocycles. The summed E-state index contributed by atoms with van der Waals surface area (Å²) in [6, 6.07) is 19.4. The highest BCUT2D eigenvalue weighted by atomic mass is 35.5. The molecule has 36 heavy (non-hydrogen) atoms. The van der Waals surface area contributed by atoms with E-state index in [4.69, 9.17) is 25.8 Å².